The first kappa shape index (κ1) is 14.0. The van der Waals surface area contributed by atoms with Crippen molar-refractivity contribution in [2.45, 2.75) is 38.5 Å². The van der Waals surface area contributed by atoms with Gasteiger partial charge in [0.15, 0.2) is 11.6 Å². The third-order valence-electron chi connectivity index (χ3n) is 3.93. The zero-order valence-electron chi connectivity index (χ0n) is 11.0. The van der Waals surface area contributed by atoms with E-state index in [0.29, 0.717) is 12.8 Å². The van der Waals surface area contributed by atoms with E-state index in [1.807, 2.05) is 13.8 Å². The van der Waals surface area contributed by atoms with Crippen molar-refractivity contribution in [3.63, 3.8) is 0 Å². The normalized spacial score (nSPS) is 30.7. The highest BCUT2D eigenvalue weighted by molar-refractivity contribution is 5.26. The van der Waals surface area contributed by atoms with Crippen LogP contribution in [-0.2, 0) is 4.74 Å². The Labute approximate surface area is 110 Å². The summed E-state index contributed by atoms with van der Waals surface area (Å²) in [5, 5.41) is 9.50. The largest absolute Gasteiger partial charge is 0.393 e. The van der Waals surface area contributed by atoms with Crippen LogP contribution in [0.3, 0.4) is 0 Å². The fourth-order valence-corrected chi connectivity index (χ4v) is 2.52. The monoisotopic (exact) mass is 271 g/mol. The van der Waals surface area contributed by atoms with Gasteiger partial charge in [-0.25, -0.2) is 9.18 Å². The highest BCUT2D eigenvalue weighted by Crippen LogP contribution is 2.42. The Hall–Kier alpha value is -1.47. The molecule has 0 amide bonds. The van der Waals surface area contributed by atoms with Gasteiger partial charge < -0.3 is 15.6 Å². The second-order valence-electron chi connectivity index (χ2n) is 4.95. The fourth-order valence-electron chi connectivity index (χ4n) is 2.52. The van der Waals surface area contributed by atoms with Crippen LogP contribution in [0.25, 0.3) is 0 Å². The molecule has 3 N–H and O–H groups in total. The minimum atomic E-state index is -0.756. The summed E-state index contributed by atoms with van der Waals surface area (Å²) in [4.78, 5) is 15.1. The Morgan fingerprint density at radius 3 is 2.95 bits per heavy atom. The van der Waals surface area contributed by atoms with Gasteiger partial charge in [-0.15, -0.1) is 0 Å². The van der Waals surface area contributed by atoms with E-state index >= 15 is 0 Å². The lowest BCUT2D eigenvalue weighted by molar-refractivity contribution is -0.113. The predicted octanol–water partition coefficient (Wildman–Crippen LogP) is 0.661. The van der Waals surface area contributed by atoms with E-state index < -0.39 is 29.2 Å². The van der Waals surface area contributed by atoms with Gasteiger partial charge in [-0.1, -0.05) is 13.8 Å². The van der Waals surface area contributed by atoms with Gasteiger partial charge in [0.2, 0.25) is 0 Å². The lowest BCUT2D eigenvalue weighted by Gasteiger charge is -2.29. The van der Waals surface area contributed by atoms with E-state index in [-0.39, 0.29) is 12.5 Å². The smallest absolute Gasteiger partial charge is 0.351 e. The Morgan fingerprint density at radius 1 is 1.74 bits per heavy atom. The van der Waals surface area contributed by atoms with Gasteiger partial charge >= 0.3 is 5.69 Å². The maximum absolute atomic E-state index is 13.4. The molecule has 0 bridgehead atoms. The molecule has 1 aromatic rings. The SMILES string of the molecule is CC[C@@]1(CO)O[C@@H](n2cc(F)c(N)nc2=O)C[C@@H]1C. The summed E-state index contributed by atoms with van der Waals surface area (Å²) in [5.74, 6) is -1.12. The van der Waals surface area contributed by atoms with Gasteiger partial charge in [0.1, 0.15) is 6.23 Å². The van der Waals surface area contributed by atoms with Gasteiger partial charge in [0.05, 0.1) is 18.4 Å². The molecule has 106 valence electrons. The maximum atomic E-state index is 13.4. The number of anilines is 1. The number of nitrogens with two attached hydrogens (primary N) is 1. The van der Waals surface area contributed by atoms with Crippen LogP contribution >= 0.6 is 0 Å². The first-order valence-corrected chi connectivity index (χ1v) is 6.26. The van der Waals surface area contributed by atoms with Crippen LogP contribution in [0.5, 0.6) is 0 Å². The maximum Gasteiger partial charge on any atom is 0.351 e. The molecule has 1 saturated heterocycles. The number of aliphatic hydroxyl groups is 1. The number of aliphatic hydroxyl groups excluding tert-OH is 1. The number of nitrogens with zero attached hydrogens (tertiary/aromatic N) is 2. The minimum absolute atomic E-state index is 0.0556. The van der Waals surface area contributed by atoms with Crippen LogP contribution in [0.4, 0.5) is 10.2 Å². The summed E-state index contributed by atoms with van der Waals surface area (Å²) in [6.07, 6.45) is 1.50. The first-order chi connectivity index (χ1) is 8.93. The number of halogens is 1. The van der Waals surface area contributed by atoms with E-state index in [1.54, 1.807) is 0 Å². The molecule has 1 fully saturated rings. The number of hydrogen-bond donors (Lipinski definition) is 2. The van der Waals surface area contributed by atoms with E-state index in [0.717, 1.165) is 10.8 Å². The Kier molecular flexibility index (Phi) is 3.60. The van der Waals surface area contributed by atoms with Gasteiger partial charge in [0.25, 0.3) is 0 Å². The van der Waals surface area contributed by atoms with Gasteiger partial charge in [-0.05, 0) is 18.8 Å². The summed E-state index contributed by atoms with van der Waals surface area (Å²) in [6, 6.07) is 0. The highest BCUT2D eigenvalue weighted by Gasteiger charge is 2.45. The predicted molar refractivity (Wildman–Crippen MR) is 66.9 cm³/mol. The van der Waals surface area contributed by atoms with Gasteiger partial charge in [-0.2, -0.15) is 4.98 Å². The summed E-state index contributed by atoms with van der Waals surface area (Å²) in [6.45, 7) is 3.70. The van der Waals surface area contributed by atoms with Crippen LogP contribution in [0, 0.1) is 11.7 Å². The first-order valence-electron chi connectivity index (χ1n) is 6.26. The molecular weight excluding hydrogens is 253 g/mol. The summed E-state index contributed by atoms with van der Waals surface area (Å²) in [5.41, 5.74) is 3.90. The lowest BCUT2D eigenvalue weighted by atomic mass is 9.87. The van der Waals surface area contributed by atoms with E-state index in [9.17, 15) is 14.3 Å². The molecule has 6 nitrogen and oxygen atoms in total. The molecule has 0 spiro atoms. The molecule has 19 heavy (non-hydrogen) atoms. The van der Waals surface area contributed by atoms with Crippen molar-refractivity contribution in [3.05, 3.63) is 22.5 Å². The number of hydrogen-bond acceptors (Lipinski definition) is 5. The second-order valence-corrected chi connectivity index (χ2v) is 4.95. The van der Waals surface area contributed by atoms with Crippen molar-refractivity contribution in [1.29, 1.82) is 0 Å². The zero-order chi connectivity index (χ0) is 14.2. The lowest BCUT2D eigenvalue weighted by Crippen LogP contribution is -2.38. The number of aromatic nitrogens is 2. The van der Waals surface area contributed by atoms with Gasteiger partial charge in [0, 0.05) is 0 Å². The summed E-state index contributed by atoms with van der Waals surface area (Å²) >= 11 is 0. The van der Waals surface area contributed by atoms with E-state index in [2.05, 4.69) is 4.98 Å². The topological polar surface area (TPSA) is 90.4 Å². The molecule has 3 atom stereocenters. The van der Waals surface area contributed by atoms with E-state index in [4.69, 9.17) is 10.5 Å². The highest BCUT2D eigenvalue weighted by atomic mass is 19.1. The standard InChI is InChI=1S/C12H18FN3O3/c1-3-12(6-17)7(2)4-9(19-12)16-5-8(13)10(14)15-11(16)18/h5,7,9,17H,3-4,6H2,1-2H3,(H2,14,15,18)/t7-,9+,12-/m0/s1. The van der Waals surface area contributed by atoms with Crippen LogP contribution in [0.15, 0.2) is 11.0 Å². The number of ether oxygens (including phenoxy) is 1. The van der Waals surface area contributed by atoms with Gasteiger partial charge in [-0.3, -0.25) is 4.57 Å². The quantitative estimate of drug-likeness (QED) is 0.842. The van der Waals surface area contributed by atoms with Crippen molar-refractivity contribution >= 4 is 5.82 Å². The van der Waals surface area contributed by atoms with Crippen LogP contribution in [-0.4, -0.2) is 26.9 Å². The molecule has 0 radical (unpaired) electrons. The van der Waals surface area contributed by atoms with Crippen molar-refractivity contribution in [2.75, 3.05) is 12.3 Å². The molecule has 2 heterocycles. The van der Waals surface area contributed by atoms with Crippen molar-refractivity contribution in [3.8, 4) is 0 Å². The molecular formula is C12H18FN3O3. The van der Waals surface area contributed by atoms with E-state index in [1.165, 1.54) is 0 Å². The van der Waals surface area contributed by atoms with Crippen molar-refractivity contribution in [2.24, 2.45) is 5.92 Å². The fraction of sp³-hybridized carbons (Fsp3) is 0.667. The molecule has 0 aromatic carbocycles. The van der Waals surface area contributed by atoms with Crippen LogP contribution < -0.4 is 11.4 Å². The molecule has 7 heteroatoms. The third-order valence-corrected chi connectivity index (χ3v) is 3.93. The molecule has 1 aliphatic rings. The van der Waals surface area contributed by atoms with Crippen LogP contribution in [0.1, 0.15) is 32.9 Å². The average Bonchev–Trinajstić information content (AvgIpc) is 2.71. The molecule has 2 rings (SSSR count). The average molecular weight is 271 g/mol. The van der Waals surface area contributed by atoms with Crippen LogP contribution in [0.2, 0.25) is 0 Å². The summed E-state index contributed by atoms with van der Waals surface area (Å²) in [7, 11) is 0. The van der Waals surface area contributed by atoms with Crippen molar-refractivity contribution < 1.29 is 14.2 Å². The minimum Gasteiger partial charge on any atom is -0.393 e. The molecule has 1 aromatic heterocycles. The molecule has 0 unspecified atom stereocenters. The Bertz CT molecular complexity index is 527. The number of rotatable bonds is 3. The Morgan fingerprint density at radius 2 is 2.42 bits per heavy atom. The molecule has 0 saturated carbocycles. The number of nitrogen functional groups attached to an aromatic ring is 1. The third kappa shape index (κ3) is 2.23. The molecule has 1 aliphatic heterocycles. The zero-order valence-corrected chi connectivity index (χ0v) is 11.0. The second kappa shape index (κ2) is 4.90. The summed E-state index contributed by atoms with van der Waals surface area (Å²) < 4.78 is 20.3. The Balaban J connectivity index is 2.36. The molecule has 0 aliphatic carbocycles. The van der Waals surface area contributed by atoms with Crippen molar-refractivity contribution in [1.82, 2.24) is 9.55 Å².